The molecule has 0 bridgehead atoms. The number of pyridine rings is 2. The van der Waals surface area contributed by atoms with E-state index in [0.717, 1.165) is 28.1 Å². The molecule has 0 atom stereocenters. The van der Waals surface area contributed by atoms with Gasteiger partial charge < -0.3 is 9.97 Å². The molecular weight excluding hydrogens is 809 g/mol. The van der Waals surface area contributed by atoms with E-state index >= 15 is 0 Å². The molecule has 0 amide bonds. The number of hydrogen-bond donors (Lipinski definition) is 0. The van der Waals surface area contributed by atoms with Gasteiger partial charge in [-0.2, -0.15) is 11.3 Å². The second-order valence-corrected chi connectivity index (χ2v) is 20.8. The van der Waals surface area contributed by atoms with Gasteiger partial charge in [-0.3, -0.25) is 0 Å². The van der Waals surface area contributed by atoms with Gasteiger partial charge in [0, 0.05) is 38.6 Å². The summed E-state index contributed by atoms with van der Waals surface area (Å²) in [4.78, 5) is 9.15. The number of hydrogen-bond acceptors (Lipinski definition) is 3. The molecule has 2 nitrogen and oxygen atoms in total. The van der Waals surface area contributed by atoms with Crippen molar-refractivity contribution in [2.24, 2.45) is 0 Å². The maximum atomic E-state index is 8.40. The van der Waals surface area contributed by atoms with Gasteiger partial charge in [-0.05, 0) is 66.8 Å². The molecule has 0 aliphatic carbocycles. The Kier molecular flexibility index (Phi) is 10.8. The standard InChI is InChI=1S/C30H28NS.C14H16NSi.Ir/c1-19(2)21-15-16-31-27(17-21)26-8-6-7-25-24-14-11-22(18-28(24)32-29(25)26)20-9-12-23(13-10-20)30(3,4)5;1-16(2,3)13-9-10-14(15-11-13)12-7-5-4-6-8-12;/h6-7,9-19H,1-5H3;4-7,9-11H,1-3H3;/q2*-1;/i19D;;. The molecule has 0 spiro atoms. The zero-order valence-electron chi connectivity index (χ0n) is 30.6. The van der Waals surface area contributed by atoms with Crippen molar-refractivity contribution in [1.29, 1.82) is 0 Å². The fraction of sp³-hybridized carbons (Fsp3) is 0.227. The average molecular weight is 854 g/mol. The van der Waals surface area contributed by atoms with E-state index in [0.29, 0.717) is 0 Å². The Bertz CT molecular complexity index is 2210. The van der Waals surface area contributed by atoms with Gasteiger partial charge in [0.05, 0.1) is 8.07 Å². The minimum absolute atomic E-state index is 0. The minimum atomic E-state index is -1.23. The SMILES string of the molecule is C[Si](C)(C)c1ccc(-c2[c-]cccc2)nc1.[2H]C(C)(C)c1ccnc(-c2[c-]ccc3c2sc2cc(-c4ccc(C(C)(C)C)cc4)ccc23)c1.[Ir]. The van der Waals surface area contributed by atoms with Crippen molar-refractivity contribution in [2.45, 2.75) is 65.6 Å². The summed E-state index contributed by atoms with van der Waals surface area (Å²) in [7, 11) is -1.23. The molecule has 0 saturated heterocycles. The average Bonchev–Trinajstić information content (AvgIpc) is 3.46. The Morgan fingerprint density at radius 1 is 0.755 bits per heavy atom. The van der Waals surface area contributed by atoms with Crippen LogP contribution in [0, 0.1) is 12.1 Å². The van der Waals surface area contributed by atoms with Gasteiger partial charge in [0.1, 0.15) is 0 Å². The molecule has 0 saturated carbocycles. The number of benzene rings is 4. The molecule has 3 aromatic heterocycles. The predicted molar refractivity (Wildman–Crippen MR) is 211 cm³/mol. The van der Waals surface area contributed by atoms with Crippen molar-refractivity contribution in [3.05, 3.63) is 139 Å². The van der Waals surface area contributed by atoms with Crippen molar-refractivity contribution in [2.75, 3.05) is 0 Å². The Labute approximate surface area is 312 Å². The van der Waals surface area contributed by atoms with E-state index < -0.39 is 14.0 Å². The van der Waals surface area contributed by atoms with Gasteiger partial charge in [0.2, 0.25) is 0 Å². The van der Waals surface area contributed by atoms with Gasteiger partial charge in [0.25, 0.3) is 0 Å². The second kappa shape index (κ2) is 15.0. The van der Waals surface area contributed by atoms with Crippen LogP contribution in [-0.2, 0) is 25.5 Å². The minimum Gasteiger partial charge on any atom is -0.305 e. The topological polar surface area (TPSA) is 25.8 Å². The van der Waals surface area contributed by atoms with Crippen LogP contribution in [-0.4, -0.2) is 18.0 Å². The molecule has 7 rings (SSSR count). The summed E-state index contributed by atoms with van der Waals surface area (Å²) in [6, 6.07) is 42.6. The van der Waals surface area contributed by atoms with Gasteiger partial charge in [-0.1, -0.05) is 120 Å². The maximum Gasteiger partial charge on any atom is 0.0795 e. The molecule has 7 aromatic rings. The van der Waals surface area contributed by atoms with Gasteiger partial charge in [-0.25, -0.2) is 0 Å². The van der Waals surface area contributed by atoms with Crippen LogP contribution in [0.2, 0.25) is 19.6 Å². The Balaban J connectivity index is 0.000000241. The zero-order valence-corrected chi connectivity index (χ0v) is 33.8. The third-order valence-electron chi connectivity index (χ3n) is 8.73. The second-order valence-electron chi connectivity index (χ2n) is 14.6. The molecule has 3 heterocycles. The monoisotopic (exact) mass is 854 g/mol. The summed E-state index contributed by atoms with van der Waals surface area (Å²) in [6.45, 7) is 17.5. The van der Waals surface area contributed by atoms with Crippen LogP contribution in [0.3, 0.4) is 0 Å². The van der Waals surface area contributed by atoms with Crippen molar-refractivity contribution >= 4 is 44.8 Å². The van der Waals surface area contributed by atoms with Crippen LogP contribution in [0.25, 0.3) is 53.8 Å². The first-order valence-electron chi connectivity index (χ1n) is 17.1. The molecule has 4 aromatic carbocycles. The van der Waals surface area contributed by atoms with E-state index in [9.17, 15) is 0 Å². The van der Waals surface area contributed by atoms with E-state index in [2.05, 4.69) is 123 Å². The first-order valence-corrected chi connectivity index (χ1v) is 20.9. The van der Waals surface area contributed by atoms with E-state index in [1.165, 1.54) is 42.0 Å². The van der Waals surface area contributed by atoms with Crippen LogP contribution >= 0.6 is 11.3 Å². The molecule has 251 valence electrons. The maximum absolute atomic E-state index is 8.40. The summed E-state index contributed by atoms with van der Waals surface area (Å²) < 4.78 is 10.9. The largest absolute Gasteiger partial charge is 0.305 e. The van der Waals surface area contributed by atoms with Crippen LogP contribution in [0.4, 0.5) is 0 Å². The van der Waals surface area contributed by atoms with Crippen LogP contribution < -0.4 is 5.19 Å². The number of nitrogens with zero attached hydrogens (tertiary/aromatic N) is 2. The fourth-order valence-corrected chi connectivity index (χ4v) is 7.98. The van der Waals surface area contributed by atoms with E-state index in [4.69, 9.17) is 1.37 Å². The fourth-order valence-electron chi connectivity index (χ4n) is 5.70. The summed E-state index contributed by atoms with van der Waals surface area (Å²) in [5.74, 6) is -0.664. The molecule has 5 heteroatoms. The van der Waals surface area contributed by atoms with Gasteiger partial charge in [-0.15, -0.1) is 59.7 Å². The predicted octanol–water partition coefficient (Wildman–Crippen LogP) is 12.1. The Morgan fingerprint density at radius 2 is 1.51 bits per heavy atom. The van der Waals surface area contributed by atoms with Crippen molar-refractivity contribution in [1.82, 2.24) is 9.97 Å². The van der Waals surface area contributed by atoms with Gasteiger partial charge >= 0.3 is 0 Å². The third kappa shape index (κ3) is 8.36. The summed E-state index contributed by atoms with van der Waals surface area (Å²) in [5.41, 5.74) is 8.88. The summed E-state index contributed by atoms with van der Waals surface area (Å²) in [5, 5.41) is 3.89. The van der Waals surface area contributed by atoms with Crippen molar-refractivity contribution in [3.63, 3.8) is 0 Å². The third-order valence-corrected chi connectivity index (χ3v) is 11.9. The van der Waals surface area contributed by atoms with Crippen molar-refractivity contribution in [3.8, 4) is 33.6 Å². The Hall–Kier alpha value is -3.73. The van der Waals surface area contributed by atoms with E-state index in [1.54, 1.807) is 17.5 Å². The smallest absolute Gasteiger partial charge is 0.0795 e. The van der Waals surface area contributed by atoms with Crippen molar-refractivity contribution < 1.29 is 21.5 Å². The summed E-state index contributed by atoms with van der Waals surface area (Å²) in [6.07, 6.45) is 3.82. The Morgan fingerprint density at radius 3 is 2.14 bits per heavy atom. The molecular formula is C44H44IrN2SSi-2. The molecule has 0 aliphatic rings. The number of aromatic nitrogens is 2. The van der Waals surface area contributed by atoms with E-state index in [1.807, 2.05) is 62.5 Å². The number of fused-ring (bicyclic) bond motifs is 3. The van der Waals surface area contributed by atoms with Crippen LogP contribution in [0.15, 0.2) is 116 Å². The first kappa shape index (κ1) is 35.1. The van der Waals surface area contributed by atoms with Gasteiger partial charge in [0.15, 0.2) is 0 Å². The van der Waals surface area contributed by atoms with Crippen LogP contribution in [0.1, 0.15) is 53.0 Å². The molecule has 0 N–H and O–H groups in total. The number of rotatable bonds is 5. The molecule has 1 radical (unpaired) electrons. The summed E-state index contributed by atoms with van der Waals surface area (Å²) >= 11 is 1.79. The van der Waals surface area contributed by atoms with Crippen LogP contribution in [0.5, 0.6) is 0 Å². The molecule has 0 unspecified atom stereocenters. The zero-order chi connectivity index (χ0) is 35.0. The molecule has 49 heavy (non-hydrogen) atoms. The first-order chi connectivity index (χ1) is 23.2. The quantitative estimate of drug-likeness (QED) is 0.127. The van der Waals surface area contributed by atoms with E-state index in [-0.39, 0.29) is 25.5 Å². The number of thiophene rings is 1. The molecule has 0 aliphatic heterocycles. The molecule has 0 fully saturated rings. The normalized spacial score (nSPS) is 12.2.